The lowest BCUT2D eigenvalue weighted by molar-refractivity contribution is -0.197. The van der Waals surface area contributed by atoms with Crippen LogP contribution in [0, 0.1) is 0 Å². The molecule has 0 radical (unpaired) electrons. The van der Waals surface area contributed by atoms with Crippen LogP contribution in [0.15, 0.2) is 36.9 Å². The Hall–Kier alpha value is -3.57. The van der Waals surface area contributed by atoms with Gasteiger partial charge in [-0.25, -0.2) is 19.9 Å². The number of anilines is 1. The van der Waals surface area contributed by atoms with E-state index in [0.717, 1.165) is 29.8 Å². The van der Waals surface area contributed by atoms with E-state index in [1.165, 1.54) is 6.33 Å². The number of carbonyl (C=O) groups is 1. The molecule has 1 amide bonds. The van der Waals surface area contributed by atoms with E-state index in [0.29, 0.717) is 68.3 Å². The van der Waals surface area contributed by atoms with Gasteiger partial charge in [0.15, 0.2) is 11.5 Å². The number of rotatable bonds is 6. The molecule has 1 spiro atoms. The highest BCUT2D eigenvalue weighted by Gasteiger charge is 2.50. The first-order chi connectivity index (χ1) is 19.2. The van der Waals surface area contributed by atoms with Gasteiger partial charge in [-0.15, -0.1) is 0 Å². The fourth-order valence-electron chi connectivity index (χ4n) is 6.54. The molecule has 0 bridgehead atoms. The van der Waals surface area contributed by atoms with E-state index in [1.54, 1.807) is 6.33 Å². The largest absolute Gasteiger partial charge is 0.388 e. The maximum Gasteiger partial charge on any atom is 0.222 e. The molecule has 40 heavy (non-hydrogen) atoms. The number of aliphatic hydroxyl groups is 1. The Labute approximate surface area is 233 Å². The van der Waals surface area contributed by atoms with Crippen molar-refractivity contribution in [2.45, 2.75) is 82.6 Å². The number of carbonyl (C=O) groups excluding carboxylic acids is 1. The van der Waals surface area contributed by atoms with Crippen molar-refractivity contribution >= 4 is 33.9 Å². The number of piperidine rings is 1. The number of nitrogens with zero attached hydrogens (tertiary/aromatic N) is 7. The number of likely N-dealkylation sites (tertiary alicyclic amines) is 1. The van der Waals surface area contributed by atoms with Gasteiger partial charge in [0.05, 0.1) is 41.2 Å². The average molecular weight is 547 g/mol. The normalized spacial score (nSPS) is 23.0. The molecule has 2 atom stereocenters. The number of aryl methyl sites for hydroxylation is 1. The summed E-state index contributed by atoms with van der Waals surface area (Å²) in [5, 5.41) is 11.6. The van der Waals surface area contributed by atoms with Crippen molar-refractivity contribution in [1.82, 2.24) is 34.0 Å². The van der Waals surface area contributed by atoms with Crippen molar-refractivity contribution in [2.24, 2.45) is 0 Å². The smallest absolute Gasteiger partial charge is 0.222 e. The van der Waals surface area contributed by atoms with Crippen LogP contribution in [0.4, 0.5) is 5.82 Å². The molecule has 11 nitrogen and oxygen atoms in total. The van der Waals surface area contributed by atoms with Crippen LogP contribution in [0.25, 0.3) is 22.2 Å². The van der Waals surface area contributed by atoms with E-state index in [9.17, 15) is 9.90 Å². The van der Waals surface area contributed by atoms with E-state index in [1.807, 2.05) is 34.6 Å². The van der Waals surface area contributed by atoms with E-state index >= 15 is 0 Å². The summed E-state index contributed by atoms with van der Waals surface area (Å²) in [4.78, 5) is 32.6. The zero-order valence-electron chi connectivity index (χ0n) is 23.5. The maximum absolute atomic E-state index is 13.1. The summed E-state index contributed by atoms with van der Waals surface area (Å²) < 4.78 is 10.6. The number of hydrogen-bond donors (Lipinski definition) is 2. The Morgan fingerprint density at radius 1 is 1.20 bits per heavy atom. The first-order valence-corrected chi connectivity index (χ1v) is 14.2. The summed E-state index contributed by atoms with van der Waals surface area (Å²) in [5.41, 5.74) is 7.69. The van der Waals surface area contributed by atoms with E-state index in [2.05, 4.69) is 39.4 Å². The lowest BCUT2D eigenvalue weighted by atomic mass is 9.75. The van der Waals surface area contributed by atoms with E-state index in [-0.39, 0.29) is 11.9 Å². The summed E-state index contributed by atoms with van der Waals surface area (Å²) in [6.45, 7) is 8.51. The SMILES string of the molecule is CC(C)c1nc2ccccc2n1CCCC(=O)N1CCC2(CC1)C[C@@](C)(O)[C@H](n1cnc3c(N)ncnc31)CO2. The minimum Gasteiger partial charge on any atom is -0.388 e. The van der Waals surface area contributed by atoms with Crippen LogP contribution in [0.3, 0.4) is 0 Å². The third-order valence-electron chi connectivity index (χ3n) is 8.67. The average Bonchev–Trinajstić information content (AvgIpc) is 3.52. The minimum atomic E-state index is -1.04. The second kappa shape index (κ2) is 10.1. The number of nitrogens with two attached hydrogens (primary N) is 1. The minimum absolute atomic E-state index is 0.174. The lowest BCUT2D eigenvalue weighted by Crippen LogP contribution is -2.57. The summed E-state index contributed by atoms with van der Waals surface area (Å²) >= 11 is 0. The number of imidazole rings is 2. The molecule has 5 heterocycles. The van der Waals surface area contributed by atoms with Gasteiger partial charge in [0, 0.05) is 38.4 Å². The van der Waals surface area contributed by atoms with Crippen LogP contribution in [0.5, 0.6) is 0 Å². The summed E-state index contributed by atoms with van der Waals surface area (Å²) in [6.07, 6.45) is 6.18. The number of fused-ring (bicyclic) bond motifs is 2. The van der Waals surface area contributed by atoms with Gasteiger partial charge in [-0.3, -0.25) is 4.79 Å². The highest BCUT2D eigenvalue weighted by molar-refractivity contribution is 5.81. The van der Waals surface area contributed by atoms with Crippen LogP contribution < -0.4 is 5.73 Å². The Morgan fingerprint density at radius 3 is 2.73 bits per heavy atom. The molecular formula is C29H38N8O3. The van der Waals surface area contributed by atoms with E-state index in [4.69, 9.17) is 15.5 Å². The van der Waals surface area contributed by atoms with Crippen LogP contribution in [0.1, 0.15) is 70.7 Å². The highest BCUT2D eigenvalue weighted by Crippen LogP contribution is 2.44. The molecule has 3 N–H and O–H groups in total. The number of nitrogen functional groups attached to an aromatic ring is 1. The molecule has 4 aromatic rings. The molecule has 0 saturated carbocycles. The van der Waals surface area contributed by atoms with Gasteiger partial charge in [0.2, 0.25) is 5.91 Å². The standard InChI is InChI=1S/C29H38N8O3/c1-19(2)26-34-20-7-4-5-8-21(20)36(26)12-6-9-23(38)35-13-10-29(11-14-35)16-28(3,39)22(15-40-29)37-18-33-24-25(30)31-17-32-27(24)37/h4-5,7-8,17-19,22,39H,6,9-16H2,1-3H3,(H2,30,31,32)/t22-,28-/m1/s1. The first-order valence-electron chi connectivity index (χ1n) is 14.2. The Kier molecular flexibility index (Phi) is 6.74. The fourth-order valence-corrected chi connectivity index (χ4v) is 6.54. The van der Waals surface area contributed by atoms with Crippen molar-refractivity contribution < 1.29 is 14.6 Å². The summed E-state index contributed by atoms with van der Waals surface area (Å²) in [7, 11) is 0. The molecular weight excluding hydrogens is 508 g/mol. The van der Waals surface area contributed by atoms with Crippen molar-refractivity contribution in [3.05, 3.63) is 42.7 Å². The Bertz CT molecular complexity index is 1530. The third kappa shape index (κ3) is 4.71. The zero-order valence-corrected chi connectivity index (χ0v) is 23.5. The third-order valence-corrected chi connectivity index (χ3v) is 8.67. The number of amides is 1. The molecule has 11 heteroatoms. The van der Waals surface area contributed by atoms with Crippen LogP contribution in [-0.4, -0.2) is 75.9 Å². The van der Waals surface area contributed by atoms with Crippen LogP contribution in [-0.2, 0) is 16.1 Å². The zero-order chi connectivity index (χ0) is 28.1. The molecule has 0 aliphatic carbocycles. The topological polar surface area (TPSA) is 137 Å². The monoisotopic (exact) mass is 546 g/mol. The van der Waals surface area contributed by atoms with Gasteiger partial charge >= 0.3 is 0 Å². The highest BCUT2D eigenvalue weighted by atomic mass is 16.5. The van der Waals surface area contributed by atoms with Gasteiger partial charge in [-0.05, 0) is 38.3 Å². The van der Waals surface area contributed by atoms with Crippen LogP contribution in [0.2, 0.25) is 0 Å². The number of aromatic nitrogens is 6. The van der Waals surface area contributed by atoms with Gasteiger partial charge in [0.25, 0.3) is 0 Å². The lowest BCUT2D eigenvalue weighted by Gasteiger charge is -2.51. The molecule has 0 unspecified atom stereocenters. The predicted molar refractivity (Wildman–Crippen MR) is 152 cm³/mol. The van der Waals surface area contributed by atoms with Crippen LogP contribution >= 0.6 is 0 Å². The number of benzene rings is 1. The predicted octanol–water partition coefficient (Wildman–Crippen LogP) is 3.44. The molecule has 212 valence electrons. The maximum atomic E-state index is 13.1. The number of hydrogen-bond acceptors (Lipinski definition) is 8. The second-order valence-corrected chi connectivity index (χ2v) is 11.9. The Balaban J connectivity index is 1.06. The van der Waals surface area contributed by atoms with Gasteiger partial charge in [0.1, 0.15) is 17.7 Å². The molecule has 2 saturated heterocycles. The van der Waals surface area contributed by atoms with Crippen molar-refractivity contribution in [3.63, 3.8) is 0 Å². The summed E-state index contributed by atoms with van der Waals surface area (Å²) in [6, 6.07) is 7.83. The first kappa shape index (κ1) is 26.6. The molecule has 2 fully saturated rings. The van der Waals surface area contributed by atoms with Crippen molar-refractivity contribution in [1.29, 1.82) is 0 Å². The molecule has 1 aromatic carbocycles. The molecule has 6 rings (SSSR count). The number of ether oxygens (including phenoxy) is 1. The molecule has 2 aliphatic heterocycles. The van der Waals surface area contributed by atoms with Crippen molar-refractivity contribution in [3.8, 4) is 0 Å². The second-order valence-electron chi connectivity index (χ2n) is 11.9. The van der Waals surface area contributed by atoms with Gasteiger partial charge in [-0.1, -0.05) is 26.0 Å². The van der Waals surface area contributed by atoms with Gasteiger partial charge < -0.3 is 29.6 Å². The Morgan fingerprint density at radius 2 is 1.98 bits per heavy atom. The quantitative estimate of drug-likeness (QED) is 0.375. The van der Waals surface area contributed by atoms with Gasteiger partial charge in [-0.2, -0.15) is 0 Å². The summed E-state index contributed by atoms with van der Waals surface area (Å²) in [5.74, 6) is 1.86. The molecule has 2 aliphatic rings. The fraction of sp³-hybridized carbons (Fsp3) is 0.552. The number of para-hydroxylation sites is 2. The van der Waals surface area contributed by atoms with Crippen molar-refractivity contribution in [2.75, 3.05) is 25.4 Å². The van der Waals surface area contributed by atoms with E-state index < -0.39 is 11.2 Å². The molecule has 3 aromatic heterocycles.